The molecule has 0 aliphatic rings. The Morgan fingerprint density at radius 3 is 2.62 bits per heavy atom. The summed E-state index contributed by atoms with van der Waals surface area (Å²) in [6.45, 7) is 4.12. The SMILES string of the molecule is CC[C@H](Oc1ccc(C)cc1)C(=O)N(C)Cc1nc(-c2cccc(OC)c2)no1. The second kappa shape index (κ2) is 9.23. The van der Waals surface area contributed by atoms with E-state index in [1.165, 1.54) is 4.90 Å². The van der Waals surface area contributed by atoms with Gasteiger partial charge < -0.3 is 18.9 Å². The lowest BCUT2D eigenvalue weighted by atomic mass is 10.2. The lowest BCUT2D eigenvalue weighted by Gasteiger charge is -2.22. The number of hydrogen-bond acceptors (Lipinski definition) is 6. The molecular formula is C22H25N3O4. The number of methoxy groups -OCH3 is 1. The molecule has 2 aromatic carbocycles. The summed E-state index contributed by atoms with van der Waals surface area (Å²) in [5.74, 6) is 2.03. The molecule has 0 fully saturated rings. The number of aryl methyl sites for hydroxylation is 1. The van der Waals surface area contributed by atoms with Crippen molar-refractivity contribution in [3.63, 3.8) is 0 Å². The average Bonchev–Trinajstić information content (AvgIpc) is 3.21. The zero-order valence-electron chi connectivity index (χ0n) is 17.1. The summed E-state index contributed by atoms with van der Waals surface area (Å²) in [5.41, 5.74) is 1.92. The molecule has 0 saturated carbocycles. The number of aromatic nitrogens is 2. The van der Waals surface area contributed by atoms with Gasteiger partial charge in [0.25, 0.3) is 5.91 Å². The number of hydrogen-bond donors (Lipinski definition) is 0. The van der Waals surface area contributed by atoms with E-state index in [0.29, 0.717) is 29.6 Å². The monoisotopic (exact) mass is 395 g/mol. The topological polar surface area (TPSA) is 77.7 Å². The van der Waals surface area contributed by atoms with Crippen LogP contribution in [0.15, 0.2) is 53.1 Å². The Hall–Kier alpha value is -3.35. The predicted molar refractivity (Wildman–Crippen MR) is 109 cm³/mol. The maximum absolute atomic E-state index is 12.8. The van der Waals surface area contributed by atoms with Gasteiger partial charge in [0.2, 0.25) is 11.7 Å². The summed E-state index contributed by atoms with van der Waals surface area (Å²) in [6, 6.07) is 15.0. The second-order valence-corrected chi connectivity index (χ2v) is 6.77. The fraction of sp³-hybridized carbons (Fsp3) is 0.318. The van der Waals surface area contributed by atoms with E-state index >= 15 is 0 Å². The van der Waals surface area contributed by atoms with E-state index < -0.39 is 6.10 Å². The van der Waals surface area contributed by atoms with E-state index in [1.54, 1.807) is 14.2 Å². The van der Waals surface area contributed by atoms with Gasteiger partial charge >= 0.3 is 0 Å². The van der Waals surface area contributed by atoms with Gasteiger partial charge in [0.05, 0.1) is 13.7 Å². The third kappa shape index (κ3) is 5.13. The average molecular weight is 395 g/mol. The summed E-state index contributed by atoms with van der Waals surface area (Å²) in [5, 5.41) is 4.00. The zero-order chi connectivity index (χ0) is 20.8. The van der Waals surface area contributed by atoms with Crippen molar-refractivity contribution in [1.29, 1.82) is 0 Å². The molecule has 7 heteroatoms. The summed E-state index contributed by atoms with van der Waals surface area (Å²) < 4.78 is 16.4. The number of carbonyl (C=O) groups excluding carboxylic acids is 1. The van der Waals surface area contributed by atoms with Gasteiger partial charge in [0.1, 0.15) is 11.5 Å². The predicted octanol–water partition coefficient (Wildman–Crippen LogP) is 3.87. The highest BCUT2D eigenvalue weighted by Gasteiger charge is 2.24. The van der Waals surface area contributed by atoms with Gasteiger partial charge in [-0.15, -0.1) is 0 Å². The molecule has 0 aliphatic heterocycles. The minimum absolute atomic E-state index is 0.144. The van der Waals surface area contributed by atoms with Crippen LogP contribution in [0.5, 0.6) is 11.5 Å². The Labute approximate surface area is 170 Å². The van der Waals surface area contributed by atoms with Gasteiger partial charge in [0, 0.05) is 12.6 Å². The van der Waals surface area contributed by atoms with Crippen molar-refractivity contribution in [2.45, 2.75) is 32.9 Å². The van der Waals surface area contributed by atoms with Crippen LogP contribution in [0.25, 0.3) is 11.4 Å². The third-order valence-corrected chi connectivity index (χ3v) is 4.49. The highest BCUT2D eigenvalue weighted by atomic mass is 16.5. The minimum atomic E-state index is -0.580. The molecule has 0 saturated heterocycles. The molecule has 0 unspecified atom stereocenters. The lowest BCUT2D eigenvalue weighted by molar-refractivity contribution is -0.138. The molecular weight excluding hydrogens is 370 g/mol. The molecule has 0 aliphatic carbocycles. The Morgan fingerprint density at radius 2 is 1.93 bits per heavy atom. The Bertz CT molecular complexity index is 953. The number of amides is 1. The Morgan fingerprint density at radius 1 is 1.17 bits per heavy atom. The summed E-state index contributed by atoms with van der Waals surface area (Å²) in [7, 11) is 3.29. The van der Waals surface area contributed by atoms with Crippen molar-refractivity contribution < 1.29 is 18.8 Å². The van der Waals surface area contributed by atoms with Crippen LogP contribution < -0.4 is 9.47 Å². The van der Waals surface area contributed by atoms with E-state index in [-0.39, 0.29) is 12.5 Å². The van der Waals surface area contributed by atoms with Crippen molar-refractivity contribution in [2.75, 3.05) is 14.2 Å². The maximum atomic E-state index is 12.8. The van der Waals surface area contributed by atoms with Gasteiger partial charge in [-0.05, 0) is 37.6 Å². The third-order valence-electron chi connectivity index (χ3n) is 4.49. The van der Waals surface area contributed by atoms with Gasteiger partial charge in [-0.1, -0.05) is 41.9 Å². The molecule has 1 aromatic heterocycles. The van der Waals surface area contributed by atoms with Crippen LogP contribution in [0.1, 0.15) is 24.8 Å². The van der Waals surface area contributed by atoms with Crippen LogP contribution >= 0.6 is 0 Å². The van der Waals surface area contributed by atoms with Crippen molar-refractivity contribution in [3.05, 3.63) is 60.0 Å². The number of ether oxygens (including phenoxy) is 2. The first kappa shape index (κ1) is 20.4. The summed E-state index contributed by atoms with van der Waals surface area (Å²) in [4.78, 5) is 18.7. The van der Waals surface area contributed by atoms with E-state index in [2.05, 4.69) is 10.1 Å². The molecule has 0 N–H and O–H groups in total. The van der Waals surface area contributed by atoms with E-state index in [1.807, 2.05) is 62.4 Å². The van der Waals surface area contributed by atoms with Gasteiger partial charge in [0.15, 0.2) is 6.10 Å². The molecule has 29 heavy (non-hydrogen) atoms. The summed E-state index contributed by atoms with van der Waals surface area (Å²) >= 11 is 0. The number of likely N-dealkylation sites (N-methyl/N-ethyl adjacent to an activating group) is 1. The molecule has 152 valence electrons. The van der Waals surface area contributed by atoms with Crippen molar-refractivity contribution in [3.8, 4) is 22.9 Å². The van der Waals surface area contributed by atoms with Crippen LogP contribution in [0, 0.1) is 6.92 Å². The largest absolute Gasteiger partial charge is 0.497 e. The lowest BCUT2D eigenvalue weighted by Crippen LogP contribution is -2.39. The Kier molecular flexibility index (Phi) is 6.49. The minimum Gasteiger partial charge on any atom is -0.497 e. The molecule has 7 nitrogen and oxygen atoms in total. The van der Waals surface area contributed by atoms with Crippen molar-refractivity contribution >= 4 is 5.91 Å². The van der Waals surface area contributed by atoms with Crippen LogP contribution in [0.3, 0.4) is 0 Å². The zero-order valence-corrected chi connectivity index (χ0v) is 17.1. The molecule has 3 rings (SSSR count). The Balaban J connectivity index is 1.65. The summed E-state index contributed by atoms with van der Waals surface area (Å²) in [6.07, 6.45) is -0.0286. The molecule has 3 aromatic rings. The van der Waals surface area contributed by atoms with Gasteiger partial charge in [-0.2, -0.15) is 4.98 Å². The van der Waals surface area contributed by atoms with Crippen molar-refractivity contribution in [2.24, 2.45) is 0 Å². The van der Waals surface area contributed by atoms with Crippen molar-refractivity contribution in [1.82, 2.24) is 15.0 Å². The van der Waals surface area contributed by atoms with Crippen LogP contribution in [0.2, 0.25) is 0 Å². The molecule has 1 heterocycles. The molecule has 1 atom stereocenters. The fourth-order valence-electron chi connectivity index (χ4n) is 2.81. The maximum Gasteiger partial charge on any atom is 0.263 e. The first-order valence-corrected chi connectivity index (χ1v) is 9.45. The fourth-order valence-corrected chi connectivity index (χ4v) is 2.81. The molecule has 0 spiro atoms. The van der Waals surface area contributed by atoms with E-state index in [4.69, 9.17) is 14.0 Å². The normalized spacial score (nSPS) is 11.7. The standard InChI is InChI=1S/C22H25N3O4/c1-5-19(28-17-11-9-15(2)10-12-17)22(26)25(3)14-20-23-21(24-29-20)16-7-6-8-18(13-16)27-4/h6-13,19H,5,14H2,1-4H3/t19-/m0/s1. The highest BCUT2D eigenvalue weighted by Crippen LogP contribution is 2.22. The van der Waals surface area contributed by atoms with E-state index in [9.17, 15) is 4.79 Å². The number of nitrogens with zero attached hydrogens (tertiary/aromatic N) is 3. The van der Waals surface area contributed by atoms with E-state index in [0.717, 1.165) is 11.1 Å². The van der Waals surface area contributed by atoms with Gasteiger partial charge in [-0.3, -0.25) is 4.79 Å². The first-order chi connectivity index (χ1) is 14.0. The highest BCUT2D eigenvalue weighted by molar-refractivity contribution is 5.80. The second-order valence-electron chi connectivity index (χ2n) is 6.77. The molecule has 0 bridgehead atoms. The smallest absolute Gasteiger partial charge is 0.263 e. The first-order valence-electron chi connectivity index (χ1n) is 9.45. The van der Waals surface area contributed by atoms with Crippen LogP contribution in [-0.4, -0.2) is 41.2 Å². The van der Waals surface area contributed by atoms with Crippen LogP contribution in [0.4, 0.5) is 0 Å². The quantitative estimate of drug-likeness (QED) is 0.576. The number of benzene rings is 2. The molecule has 0 radical (unpaired) electrons. The van der Waals surface area contributed by atoms with Gasteiger partial charge in [-0.25, -0.2) is 0 Å². The van der Waals surface area contributed by atoms with Crippen LogP contribution in [-0.2, 0) is 11.3 Å². The molecule has 1 amide bonds. The number of carbonyl (C=O) groups is 1. The number of rotatable bonds is 8.